The smallest absolute Gasteiger partial charge is 0.342 e. The summed E-state index contributed by atoms with van der Waals surface area (Å²) >= 11 is 0. The van der Waals surface area contributed by atoms with E-state index in [0.29, 0.717) is 34.3 Å². The zero-order valence-electron chi connectivity index (χ0n) is 16.6. The standard InChI is InChI=1S/C22H24FNO4/c1-5-27-22(26)20-19-15(10-11-24(2,3)4)12-17(25)13-18(19)28-21(20)14-6-8-16(23)9-7-14/h6-9,12-13H,5,10-11H2,1-4H3/p+1. The molecule has 0 spiro atoms. The summed E-state index contributed by atoms with van der Waals surface area (Å²) in [6, 6.07) is 8.88. The summed E-state index contributed by atoms with van der Waals surface area (Å²) in [4.78, 5) is 12.8. The van der Waals surface area contributed by atoms with Gasteiger partial charge in [0.2, 0.25) is 0 Å². The highest BCUT2D eigenvalue weighted by Gasteiger charge is 2.26. The summed E-state index contributed by atoms with van der Waals surface area (Å²) in [5, 5.41) is 10.8. The van der Waals surface area contributed by atoms with Gasteiger partial charge < -0.3 is 18.7 Å². The average Bonchev–Trinajstić information content (AvgIpc) is 2.99. The first kappa shape index (κ1) is 19.9. The fourth-order valence-electron chi connectivity index (χ4n) is 3.15. The molecule has 0 aliphatic rings. The Hall–Kier alpha value is -2.86. The molecule has 3 aromatic rings. The number of phenolic OH excluding ortho intramolecular Hbond substituents is 1. The van der Waals surface area contributed by atoms with E-state index >= 15 is 0 Å². The predicted molar refractivity (Wildman–Crippen MR) is 106 cm³/mol. The van der Waals surface area contributed by atoms with Crippen molar-refractivity contribution in [3.8, 4) is 17.1 Å². The largest absolute Gasteiger partial charge is 0.508 e. The van der Waals surface area contributed by atoms with E-state index in [-0.39, 0.29) is 18.2 Å². The molecule has 0 fully saturated rings. The molecule has 148 valence electrons. The molecule has 6 heteroatoms. The Balaban J connectivity index is 2.24. The molecule has 2 aromatic carbocycles. The number of esters is 1. The highest BCUT2D eigenvalue weighted by atomic mass is 19.1. The maximum atomic E-state index is 13.4. The molecular weight excluding hydrogens is 361 g/mol. The molecule has 0 aliphatic carbocycles. The second-order valence-corrected chi connectivity index (χ2v) is 7.78. The Morgan fingerprint density at radius 1 is 1.18 bits per heavy atom. The molecule has 0 radical (unpaired) electrons. The van der Waals surface area contributed by atoms with Gasteiger partial charge in [0.1, 0.15) is 28.5 Å². The molecule has 0 amide bonds. The van der Waals surface area contributed by atoms with Crippen LogP contribution in [0.1, 0.15) is 22.8 Å². The molecule has 0 saturated heterocycles. The van der Waals surface area contributed by atoms with Crippen LogP contribution in [0.5, 0.6) is 5.75 Å². The Morgan fingerprint density at radius 3 is 2.46 bits per heavy atom. The number of halogens is 1. The highest BCUT2D eigenvalue weighted by Crippen LogP contribution is 2.38. The lowest BCUT2D eigenvalue weighted by molar-refractivity contribution is -0.870. The van der Waals surface area contributed by atoms with Crippen LogP contribution in [0.4, 0.5) is 4.39 Å². The number of phenols is 1. The number of aromatic hydroxyl groups is 1. The number of hydrogen-bond acceptors (Lipinski definition) is 4. The summed E-state index contributed by atoms with van der Waals surface area (Å²) < 4.78 is 25.3. The number of benzene rings is 2. The van der Waals surface area contributed by atoms with Gasteiger partial charge in [0.05, 0.1) is 34.3 Å². The van der Waals surface area contributed by atoms with E-state index in [0.717, 1.165) is 16.6 Å². The van der Waals surface area contributed by atoms with Crippen molar-refractivity contribution in [3.05, 3.63) is 53.3 Å². The van der Waals surface area contributed by atoms with Crippen LogP contribution in [0.2, 0.25) is 0 Å². The molecule has 0 atom stereocenters. The van der Waals surface area contributed by atoms with Gasteiger partial charge in [-0.1, -0.05) is 0 Å². The van der Waals surface area contributed by atoms with Gasteiger partial charge in [-0.25, -0.2) is 9.18 Å². The Kier molecular flexibility index (Phi) is 5.42. The molecule has 0 unspecified atom stereocenters. The molecule has 1 heterocycles. The third-order valence-corrected chi connectivity index (χ3v) is 4.50. The number of carbonyl (C=O) groups excluding carboxylic acids is 1. The van der Waals surface area contributed by atoms with Gasteiger partial charge in [-0.3, -0.25) is 0 Å². The van der Waals surface area contributed by atoms with E-state index < -0.39 is 5.97 Å². The van der Waals surface area contributed by atoms with Gasteiger partial charge in [0.15, 0.2) is 0 Å². The maximum Gasteiger partial charge on any atom is 0.342 e. The predicted octanol–water partition coefficient (Wildman–Crippen LogP) is 4.37. The zero-order valence-corrected chi connectivity index (χ0v) is 16.6. The minimum atomic E-state index is -0.502. The third-order valence-electron chi connectivity index (χ3n) is 4.50. The molecule has 0 bridgehead atoms. The van der Waals surface area contributed by atoms with Crippen LogP contribution in [0.25, 0.3) is 22.3 Å². The lowest BCUT2D eigenvalue weighted by atomic mass is 9.99. The van der Waals surface area contributed by atoms with Crippen molar-refractivity contribution in [1.29, 1.82) is 0 Å². The highest BCUT2D eigenvalue weighted by molar-refractivity contribution is 6.10. The molecule has 1 N–H and O–H groups in total. The van der Waals surface area contributed by atoms with Crippen molar-refractivity contribution < 1.29 is 27.9 Å². The van der Waals surface area contributed by atoms with E-state index in [1.807, 2.05) is 0 Å². The van der Waals surface area contributed by atoms with E-state index in [4.69, 9.17) is 9.15 Å². The summed E-state index contributed by atoms with van der Waals surface area (Å²) in [7, 11) is 6.22. The quantitative estimate of drug-likeness (QED) is 0.505. The van der Waals surface area contributed by atoms with Crippen LogP contribution < -0.4 is 0 Å². The monoisotopic (exact) mass is 386 g/mol. The zero-order chi connectivity index (χ0) is 20.5. The second-order valence-electron chi connectivity index (χ2n) is 7.78. The van der Waals surface area contributed by atoms with Crippen LogP contribution in [0, 0.1) is 5.82 Å². The number of fused-ring (bicyclic) bond motifs is 1. The van der Waals surface area contributed by atoms with E-state index in [1.54, 1.807) is 25.1 Å². The van der Waals surface area contributed by atoms with Gasteiger partial charge in [-0.05, 0) is 42.8 Å². The number of rotatable bonds is 6. The van der Waals surface area contributed by atoms with E-state index in [2.05, 4.69) is 21.1 Å². The lowest BCUT2D eigenvalue weighted by Crippen LogP contribution is -2.36. The molecule has 0 aliphatic heterocycles. The van der Waals surface area contributed by atoms with E-state index in [1.165, 1.54) is 18.2 Å². The van der Waals surface area contributed by atoms with Gasteiger partial charge in [-0.2, -0.15) is 0 Å². The number of hydrogen-bond donors (Lipinski definition) is 1. The molecule has 0 saturated carbocycles. The molecule has 28 heavy (non-hydrogen) atoms. The normalized spacial score (nSPS) is 11.8. The number of furan rings is 1. The molecule has 1 aromatic heterocycles. The second kappa shape index (κ2) is 7.64. The number of nitrogens with zero attached hydrogens (tertiary/aromatic N) is 1. The lowest BCUT2D eigenvalue weighted by Gasteiger charge is -2.24. The number of carbonyl (C=O) groups is 1. The Labute approximate surface area is 163 Å². The maximum absolute atomic E-state index is 13.4. The minimum Gasteiger partial charge on any atom is -0.508 e. The SMILES string of the molecule is CCOC(=O)c1c(-c2ccc(F)cc2)oc2cc(O)cc(CC[N+](C)(C)C)c12. The third kappa shape index (κ3) is 4.17. The summed E-state index contributed by atoms with van der Waals surface area (Å²) in [5.74, 6) is -0.499. The number of ether oxygens (including phenoxy) is 1. The van der Waals surface area contributed by atoms with Crippen molar-refractivity contribution in [1.82, 2.24) is 0 Å². The summed E-state index contributed by atoms with van der Waals surface area (Å²) in [6.07, 6.45) is 0.642. The number of quaternary nitrogens is 1. The molecule has 5 nitrogen and oxygen atoms in total. The van der Waals surface area contributed by atoms with Gasteiger partial charge in [-0.15, -0.1) is 0 Å². The van der Waals surface area contributed by atoms with Gasteiger partial charge >= 0.3 is 5.97 Å². The average molecular weight is 386 g/mol. The molecule has 3 rings (SSSR count). The fraction of sp³-hybridized carbons (Fsp3) is 0.318. The van der Waals surface area contributed by atoms with Crippen LogP contribution in [-0.4, -0.2) is 49.9 Å². The number of likely N-dealkylation sites (N-methyl/N-ethyl adjacent to an activating group) is 1. The molecular formula is C22H25FNO4+. The van der Waals surface area contributed by atoms with Crippen LogP contribution >= 0.6 is 0 Å². The van der Waals surface area contributed by atoms with E-state index in [9.17, 15) is 14.3 Å². The van der Waals surface area contributed by atoms with Crippen molar-refractivity contribution in [3.63, 3.8) is 0 Å². The minimum absolute atomic E-state index is 0.0683. The van der Waals surface area contributed by atoms with Gasteiger partial charge in [0.25, 0.3) is 0 Å². The van der Waals surface area contributed by atoms with Crippen molar-refractivity contribution in [2.24, 2.45) is 0 Å². The van der Waals surface area contributed by atoms with Crippen molar-refractivity contribution in [2.45, 2.75) is 13.3 Å². The van der Waals surface area contributed by atoms with Crippen molar-refractivity contribution >= 4 is 16.9 Å². The van der Waals surface area contributed by atoms with Crippen molar-refractivity contribution in [2.75, 3.05) is 34.3 Å². The summed E-state index contributed by atoms with van der Waals surface area (Å²) in [6.45, 7) is 2.76. The summed E-state index contributed by atoms with van der Waals surface area (Å²) in [5.41, 5.74) is 2.08. The first-order valence-electron chi connectivity index (χ1n) is 9.21. The first-order chi connectivity index (χ1) is 13.2. The van der Waals surface area contributed by atoms with Gasteiger partial charge in [0, 0.05) is 23.4 Å². The Bertz CT molecular complexity index is 1000. The fourth-order valence-corrected chi connectivity index (χ4v) is 3.15. The topological polar surface area (TPSA) is 59.7 Å². The Morgan fingerprint density at radius 2 is 1.86 bits per heavy atom. The van der Waals surface area contributed by atoms with Crippen LogP contribution in [0.3, 0.4) is 0 Å². The van der Waals surface area contributed by atoms with Crippen LogP contribution in [0.15, 0.2) is 40.8 Å². The first-order valence-corrected chi connectivity index (χ1v) is 9.21. The van der Waals surface area contributed by atoms with Crippen LogP contribution in [-0.2, 0) is 11.2 Å².